The number of rotatable bonds is 7. The van der Waals surface area contributed by atoms with Crippen molar-refractivity contribution in [2.45, 2.75) is 19.6 Å². The van der Waals surface area contributed by atoms with E-state index in [1.807, 2.05) is 18.7 Å². The lowest BCUT2D eigenvalue weighted by atomic mass is 10.3. The van der Waals surface area contributed by atoms with Crippen molar-refractivity contribution in [3.8, 4) is 0 Å². The van der Waals surface area contributed by atoms with E-state index >= 15 is 0 Å². The molecular formula is C6H12N10. The third-order valence-electron chi connectivity index (χ3n) is 1.94. The van der Waals surface area contributed by atoms with E-state index in [1.54, 1.807) is 0 Å². The first-order chi connectivity index (χ1) is 7.67. The van der Waals surface area contributed by atoms with Gasteiger partial charge in [0.1, 0.15) is 0 Å². The zero-order valence-corrected chi connectivity index (χ0v) is 9.09. The molecule has 0 aromatic heterocycles. The van der Waals surface area contributed by atoms with Crippen LogP contribution in [0.2, 0.25) is 0 Å². The molecule has 0 bridgehead atoms. The molecule has 0 aliphatic heterocycles. The molecule has 0 atom stereocenters. The second-order valence-corrected chi connectivity index (χ2v) is 2.80. The van der Waals surface area contributed by atoms with Crippen LogP contribution >= 0.6 is 0 Å². The quantitative estimate of drug-likeness (QED) is 0.364. The van der Waals surface area contributed by atoms with E-state index < -0.39 is 5.79 Å². The van der Waals surface area contributed by atoms with E-state index in [0.29, 0.717) is 13.1 Å². The maximum Gasteiger partial charge on any atom is 0.217 e. The molecule has 0 saturated heterocycles. The molecule has 0 saturated carbocycles. The van der Waals surface area contributed by atoms with Gasteiger partial charge in [0.15, 0.2) is 0 Å². The Bertz CT molecular complexity index is 306. The number of nitrogens with zero attached hydrogens (tertiary/aromatic N) is 10. The summed E-state index contributed by atoms with van der Waals surface area (Å²) < 4.78 is 0. The average Bonchev–Trinajstić information content (AvgIpc) is 2.27. The largest absolute Gasteiger partial charge is 0.303 e. The summed E-state index contributed by atoms with van der Waals surface area (Å²) in [5.74, 6) is -1.77. The summed E-state index contributed by atoms with van der Waals surface area (Å²) in [4.78, 5) is 9.42. The molecule has 0 aliphatic carbocycles. The molecule has 86 valence electrons. The van der Waals surface area contributed by atoms with Crippen LogP contribution in [-0.2, 0) is 0 Å². The molecule has 0 aromatic rings. The van der Waals surface area contributed by atoms with Gasteiger partial charge in [-0.25, -0.2) is 0 Å². The summed E-state index contributed by atoms with van der Waals surface area (Å²) in [5.41, 5.74) is 25.2. The standard InChI is InChI=1S/C6H12N10/c1-3-16(4-2)5-6(10-13-7,11-14-8)12-15-9/h3-5H2,1-2H3. The van der Waals surface area contributed by atoms with Gasteiger partial charge in [0.05, 0.1) is 0 Å². The zero-order valence-electron chi connectivity index (χ0n) is 9.09. The smallest absolute Gasteiger partial charge is 0.217 e. The van der Waals surface area contributed by atoms with Crippen LogP contribution in [0.15, 0.2) is 15.3 Å². The fourth-order valence-electron chi connectivity index (χ4n) is 1.12. The van der Waals surface area contributed by atoms with Gasteiger partial charge in [-0.2, -0.15) is 0 Å². The van der Waals surface area contributed by atoms with Gasteiger partial charge in [0.25, 0.3) is 0 Å². The molecule has 16 heavy (non-hydrogen) atoms. The lowest BCUT2D eigenvalue weighted by molar-refractivity contribution is 0.232. The van der Waals surface area contributed by atoms with E-state index in [0.717, 1.165) is 0 Å². The number of azide groups is 1. The first-order valence-corrected chi connectivity index (χ1v) is 4.59. The van der Waals surface area contributed by atoms with Crippen molar-refractivity contribution in [3.05, 3.63) is 31.3 Å². The Morgan fingerprint density at radius 2 is 1.31 bits per heavy atom. The lowest BCUT2D eigenvalue weighted by Gasteiger charge is -2.25. The van der Waals surface area contributed by atoms with E-state index in [9.17, 15) is 0 Å². The Morgan fingerprint density at radius 1 is 0.938 bits per heavy atom. The van der Waals surface area contributed by atoms with Crippen molar-refractivity contribution >= 4 is 0 Å². The highest BCUT2D eigenvalue weighted by atomic mass is 15.5. The summed E-state index contributed by atoms with van der Waals surface area (Å²) in [5, 5.41) is 9.81. The molecule has 0 rings (SSSR count). The number of likely N-dealkylation sites (N-methyl/N-ethyl adjacent to an activating group) is 1. The lowest BCUT2D eigenvalue weighted by Crippen LogP contribution is -2.38. The van der Waals surface area contributed by atoms with Gasteiger partial charge in [-0.15, -0.1) is 0 Å². The van der Waals surface area contributed by atoms with Crippen LogP contribution in [0.5, 0.6) is 0 Å². The third-order valence-corrected chi connectivity index (χ3v) is 1.94. The molecule has 0 aromatic carbocycles. The van der Waals surface area contributed by atoms with Crippen LogP contribution in [0.1, 0.15) is 13.8 Å². The van der Waals surface area contributed by atoms with Crippen molar-refractivity contribution in [1.82, 2.24) is 4.90 Å². The molecule has 0 spiro atoms. The minimum Gasteiger partial charge on any atom is -0.303 e. The minimum absolute atomic E-state index is 0.0537. The molecule has 10 heteroatoms. The predicted molar refractivity (Wildman–Crippen MR) is 58.0 cm³/mol. The highest BCUT2D eigenvalue weighted by Crippen LogP contribution is 2.18. The van der Waals surface area contributed by atoms with Crippen molar-refractivity contribution in [1.29, 1.82) is 0 Å². The fourth-order valence-corrected chi connectivity index (χ4v) is 1.12. The van der Waals surface area contributed by atoms with Gasteiger partial charge in [-0.05, 0) is 29.7 Å². The van der Waals surface area contributed by atoms with Gasteiger partial charge < -0.3 is 4.90 Å². The van der Waals surface area contributed by atoms with Crippen molar-refractivity contribution in [2.75, 3.05) is 19.6 Å². The van der Waals surface area contributed by atoms with Gasteiger partial charge in [0, 0.05) is 21.3 Å². The average molecular weight is 224 g/mol. The summed E-state index contributed by atoms with van der Waals surface area (Å²) >= 11 is 0. The topological polar surface area (TPSA) is 150 Å². The highest BCUT2D eigenvalue weighted by Gasteiger charge is 2.28. The van der Waals surface area contributed by atoms with Crippen molar-refractivity contribution in [3.63, 3.8) is 0 Å². The Balaban J connectivity index is 5.24. The van der Waals surface area contributed by atoms with Gasteiger partial charge >= 0.3 is 0 Å². The molecule has 0 unspecified atom stereocenters. The zero-order chi connectivity index (χ0) is 12.4. The Labute approximate surface area is 91.7 Å². The van der Waals surface area contributed by atoms with Crippen LogP contribution < -0.4 is 0 Å². The Morgan fingerprint density at radius 3 is 1.56 bits per heavy atom. The summed E-state index contributed by atoms with van der Waals surface area (Å²) in [6.07, 6.45) is 0. The maximum absolute atomic E-state index is 8.39. The molecule has 0 radical (unpaired) electrons. The van der Waals surface area contributed by atoms with Crippen LogP contribution in [0.4, 0.5) is 0 Å². The van der Waals surface area contributed by atoms with E-state index in [1.165, 1.54) is 0 Å². The number of hydrogen-bond donors (Lipinski definition) is 0. The van der Waals surface area contributed by atoms with Gasteiger partial charge in [-0.1, -0.05) is 29.2 Å². The molecule has 0 amide bonds. The fraction of sp³-hybridized carbons (Fsp3) is 1.00. The third kappa shape index (κ3) is 3.95. The SMILES string of the molecule is CCN(CC)CC(N=[N+]=[N-])(N=[N+]=[N-])N=[N+]=[N-]. The second kappa shape index (κ2) is 7.22. The van der Waals surface area contributed by atoms with Crippen LogP contribution in [0.3, 0.4) is 0 Å². The molecule has 10 nitrogen and oxygen atoms in total. The Kier molecular flexibility index (Phi) is 6.27. The molecular weight excluding hydrogens is 212 g/mol. The minimum atomic E-state index is -1.77. The normalized spacial score (nSPS) is 12.9. The highest BCUT2D eigenvalue weighted by molar-refractivity contribution is 4.87. The summed E-state index contributed by atoms with van der Waals surface area (Å²) in [6.45, 7) is 5.13. The van der Waals surface area contributed by atoms with E-state index in [2.05, 4.69) is 30.1 Å². The van der Waals surface area contributed by atoms with Crippen LogP contribution in [0.25, 0.3) is 31.3 Å². The number of hydrogen-bond acceptors (Lipinski definition) is 4. The van der Waals surface area contributed by atoms with Crippen LogP contribution in [-0.4, -0.2) is 30.3 Å². The maximum atomic E-state index is 8.39. The summed E-state index contributed by atoms with van der Waals surface area (Å²) in [6, 6.07) is 0. The summed E-state index contributed by atoms with van der Waals surface area (Å²) in [7, 11) is 0. The van der Waals surface area contributed by atoms with Crippen molar-refractivity contribution < 1.29 is 0 Å². The predicted octanol–water partition coefficient (Wildman–Crippen LogP) is 2.91. The van der Waals surface area contributed by atoms with Crippen molar-refractivity contribution in [2.24, 2.45) is 15.3 Å². The van der Waals surface area contributed by atoms with Gasteiger partial charge in [-0.3, -0.25) is 0 Å². The van der Waals surface area contributed by atoms with Crippen LogP contribution in [0, 0.1) is 0 Å². The van der Waals surface area contributed by atoms with E-state index in [4.69, 9.17) is 16.6 Å². The first kappa shape index (κ1) is 13.9. The molecule has 0 heterocycles. The van der Waals surface area contributed by atoms with Gasteiger partial charge in [0.2, 0.25) is 5.79 Å². The monoisotopic (exact) mass is 224 g/mol. The Hall–Kier alpha value is -2.11. The molecule has 0 aliphatic rings. The molecule has 0 N–H and O–H groups in total. The second-order valence-electron chi connectivity index (χ2n) is 2.80. The molecule has 0 fully saturated rings. The van der Waals surface area contributed by atoms with E-state index in [-0.39, 0.29) is 6.54 Å². The first-order valence-electron chi connectivity index (χ1n) is 4.59.